The summed E-state index contributed by atoms with van der Waals surface area (Å²) in [6.45, 7) is 5.54. The van der Waals surface area contributed by atoms with Gasteiger partial charge in [0.2, 0.25) is 0 Å². The summed E-state index contributed by atoms with van der Waals surface area (Å²) in [5.41, 5.74) is 1.86. The van der Waals surface area contributed by atoms with E-state index in [9.17, 15) is 4.79 Å². The third kappa shape index (κ3) is 4.65. The SMILES string of the molecule is COc1ccc(-c2csc(N(C(=O)OC(C)(C)C)c3ccccc3)n2)cc1. The third-order valence-electron chi connectivity index (χ3n) is 3.66. The first-order chi connectivity index (χ1) is 12.9. The van der Waals surface area contributed by atoms with Gasteiger partial charge in [0.1, 0.15) is 11.4 Å². The monoisotopic (exact) mass is 382 g/mol. The van der Waals surface area contributed by atoms with Crippen LogP contribution in [0.15, 0.2) is 60.0 Å². The maximum atomic E-state index is 12.8. The van der Waals surface area contributed by atoms with Crippen molar-refractivity contribution in [2.24, 2.45) is 0 Å². The molecule has 3 aromatic rings. The molecule has 0 N–H and O–H groups in total. The normalized spacial score (nSPS) is 11.1. The molecular weight excluding hydrogens is 360 g/mol. The molecule has 0 bridgehead atoms. The molecule has 0 saturated carbocycles. The Kier molecular flexibility index (Phi) is 5.46. The number of methoxy groups -OCH3 is 1. The summed E-state index contributed by atoms with van der Waals surface area (Å²) in [6.07, 6.45) is -0.454. The van der Waals surface area contributed by atoms with E-state index < -0.39 is 11.7 Å². The minimum Gasteiger partial charge on any atom is -0.497 e. The minimum atomic E-state index is -0.597. The molecular formula is C21H22N2O3S. The van der Waals surface area contributed by atoms with Crippen molar-refractivity contribution in [1.29, 1.82) is 0 Å². The summed E-state index contributed by atoms with van der Waals surface area (Å²) in [4.78, 5) is 19.0. The highest BCUT2D eigenvalue weighted by atomic mass is 32.1. The third-order valence-corrected chi connectivity index (χ3v) is 4.49. The van der Waals surface area contributed by atoms with Crippen molar-refractivity contribution in [3.63, 3.8) is 0 Å². The molecule has 5 nitrogen and oxygen atoms in total. The Morgan fingerprint density at radius 1 is 1.04 bits per heavy atom. The van der Waals surface area contributed by atoms with Crippen molar-refractivity contribution < 1.29 is 14.3 Å². The van der Waals surface area contributed by atoms with Gasteiger partial charge < -0.3 is 9.47 Å². The van der Waals surface area contributed by atoms with Crippen LogP contribution in [0.5, 0.6) is 5.75 Å². The Labute approximate surface area is 163 Å². The molecule has 1 heterocycles. The lowest BCUT2D eigenvalue weighted by atomic mass is 10.2. The van der Waals surface area contributed by atoms with E-state index >= 15 is 0 Å². The largest absolute Gasteiger partial charge is 0.497 e. The van der Waals surface area contributed by atoms with Crippen LogP contribution in [0.1, 0.15) is 20.8 Å². The fourth-order valence-electron chi connectivity index (χ4n) is 2.44. The second kappa shape index (κ2) is 7.80. The fraction of sp³-hybridized carbons (Fsp3) is 0.238. The molecule has 0 aliphatic carbocycles. The lowest BCUT2D eigenvalue weighted by Crippen LogP contribution is -2.33. The molecule has 1 aromatic heterocycles. The van der Waals surface area contributed by atoms with Gasteiger partial charge in [-0.1, -0.05) is 18.2 Å². The van der Waals surface area contributed by atoms with Gasteiger partial charge in [0.05, 0.1) is 18.5 Å². The number of carbonyl (C=O) groups excluding carboxylic acids is 1. The van der Waals surface area contributed by atoms with Gasteiger partial charge in [0, 0.05) is 10.9 Å². The molecule has 0 atom stereocenters. The zero-order valence-electron chi connectivity index (χ0n) is 15.8. The average Bonchev–Trinajstić information content (AvgIpc) is 3.11. The van der Waals surface area contributed by atoms with Gasteiger partial charge in [-0.25, -0.2) is 14.7 Å². The van der Waals surface area contributed by atoms with E-state index in [0.29, 0.717) is 10.8 Å². The molecule has 27 heavy (non-hydrogen) atoms. The molecule has 0 radical (unpaired) electrons. The van der Waals surface area contributed by atoms with Gasteiger partial charge in [-0.15, -0.1) is 11.3 Å². The molecule has 0 fully saturated rings. The zero-order valence-corrected chi connectivity index (χ0v) is 16.6. The number of para-hydroxylation sites is 1. The molecule has 2 aromatic carbocycles. The summed E-state index contributed by atoms with van der Waals surface area (Å²) in [5, 5.41) is 2.48. The quantitative estimate of drug-likeness (QED) is 0.564. The van der Waals surface area contributed by atoms with Gasteiger partial charge in [0.15, 0.2) is 5.13 Å². The maximum absolute atomic E-state index is 12.8. The lowest BCUT2D eigenvalue weighted by Gasteiger charge is -2.25. The van der Waals surface area contributed by atoms with E-state index in [-0.39, 0.29) is 0 Å². The number of hydrogen-bond donors (Lipinski definition) is 0. The van der Waals surface area contributed by atoms with Gasteiger partial charge in [-0.05, 0) is 57.2 Å². The van der Waals surface area contributed by atoms with Crippen molar-refractivity contribution in [2.75, 3.05) is 12.0 Å². The van der Waals surface area contributed by atoms with Crippen molar-refractivity contribution in [3.8, 4) is 17.0 Å². The lowest BCUT2D eigenvalue weighted by molar-refractivity contribution is 0.0599. The number of nitrogens with zero attached hydrogens (tertiary/aromatic N) is 2. The number of thiazole rings is 1. The summed E-state index contributed by atoms with van der Waals surface area (Å²) in [6, 6.07) is 17.0. The molecule has 0 unspecified atom stereocenters. The van der Waals surface area contributed by atoms with E-state index in [4.69, 9.17) is 9.47 Å². The standard InChI is InChI=1S/C21H22N2O3S/c1-21(2,3)26-20(24)23(16-8-6-5-7-9-16)19-22-18(14-27-19)15-10-12-17(25-4)13-11-15/h5-14H,1-4H3. The molecule has 3 rings (SSSR count). The van der Waals surface area contributed by atoms with E-state index in [0.717, 1.165) is 17.0 Å². The molecule has 140 valence electrons. The molecule has 0 spiro atoms. The molecule has 0 aliphatic heterocycles. The highest BCUT2D eigenvalue weighted by molar-refractivity contribution is 7.14. The number of carbonyl (C=O) groups is 1. The van der Waals surface area contributed by atoms with Crippen molar-refractivity contribution in [2.45, 2.75) is 26.4 Å². The zero-order chi connectivity index (χ0) is 19.4. The summed E-state index contributed by atoms with van der Waals surface area (Å²) >= 11 is 1.39. The van der Waals surface area contributed by atoms with Gasteiger partial charge >= 0.3 is 6.09 Å². The first-order valence-corrected chi connectivity index (χ1v) is 9.43. The van der Waals surface area contributed by atoms with Crippen molar-refractivity contribution in [3.05, 3.63) is 60.0 Å². The smallest absolute Gasteiger partial charge is 0.421 e. The van der Waals surface area contributed by atoms with Crippen LogP contribution in [0.25, 0.3) is 11.3 Å². The maximum Gasteiger partial charge on any atom is 0.421 e. The van der Waals surface area contributed by atoms with Crippen LogP contribution >= 0.6 is 11.3 Å². The van der Waals surface area contributed by atoms with Crippen molar-refractivity contribution in [1.82, 2.24) is 4.98 Å². The minimum absolute atomic E-state index is 0.454. The van der Waals surface area contributed by atoms with Crippen LogP contribution in [-0.2, 0) is 4.74 Å². The molecule has 0 aliphatic rings. The summed E-state index contributed by atoms with van der Waals surface area (Å²) < 4.78 is 10.8. The predicted molar refractivity (Wildman–Crippen MR) is 109 cm³/mol. The van der Waals surface area contributed by atoms with Gasteiger partial charge in [-0.3, -0.25) is 0 Å². The van der Waals surface area contributed by atoms with Crippen LogP contribution in [0, 0.1) is 0 Å². The number of hydrogen-bond acceptors (Lipinski definition) is 5. The highest BCUT2D eigenvalue weighted by Crippen LogP contribution is 2.33. The first kappa shape index (κ1) is 18.9. The van der Waals surface area contributed by atoms with Crippen molar-refractivity contribution >= 4 is 28.2 Å². The van der Waals surface area contributed by atoms with Crippen LogP contribution in [0.4, 0.5) is 15.6 Å². The summed E-state index contributed by atoms with van der Waals surface area (Å²) in [5.74, 6) is 0.786. The van der Waals surface area contributed by atoms with Gasteiger partial charge in [-0.2, -0.15) is 0 Å². The second-order valence-electron chi connectivity index (χ2n) is 6.90. The number of anilines is 2. The average molecular weight is 382 g/mol. The van der Waals surface area contributed by atoms with Crippen LogP contribution in [0.3, 0.4) is 0 Å². The summed E-state index contributed by atoms with van der Waals surface area (Å²) in [7, 11) is 1.63. The molecule has 6 heteroatoms. The molecule has 1 amide bonds. The Balaban J connectivity index is 1.95. The van der Waals surface area contributed by atoms with E-state index in [2.05, 4.69) is 4.98 Å². The van der Waals surface area contributed by atoms with Gasteiger partial charge in [0.25, 0.3) is 0 Å². The molecule has 0 saturated heterocycles. The number of aromatic nitrogens is 1. The van der Waals surface area contributed by atoms with Crippen LogP contribution in [-0.4, -0.2) is 23.8 Å². The second-order valence-corrected chi connectivity index (χ2v) is 7.73. The first-order valence-electron chi connectivity index (χ1n) is 8.55. The highest BCUT2D eigenvalue weighted by Gasteiger charge is 2.27. The van der Waals surface area contributed by atoms with E-state index in [1.165, 1.54) is 16.2 Å². The Hall–Kier alpha value is -2.86. The topological polar surface area (TPSA) is 51.7 Å². The Bertz CT molecular complexity index is 899. The number of rotatable bonds is 4. The van der Waals surface area contributed by atoms with Crippen LogP contribution < -0.4 is 9.64 Å². The number of benzene rings is 2. The number of amides is 1. The predicted octanol–water partition coefficient (Wildman–Crippen LogP) is 5.89. The van der Waals surface area contributed by atoms with E-state index in [1.807, 2.05) is 80.7 Å². The van der Waals surface area contributed by atoms with Crippen LogP contribution in [0.2, 0.25) is 0 Å². The fourth-order valence-corrected chi connectivity index (χ4v) is 3.28. The van der Waals surface area contributed by atoms with E-state index in [1.54, 1.807) is 7.11 Å². The Morgan fingerprint density at radius 2 is 1.70 bits per heavy atom. The Morgan fingerprint density at radius 3 is 2.30 bits per heavy atom. The number of ether oxygens (including phenoxy) is 2.